The Morgan fingerprint density at radius 2 is 1.85 bits per heavy atom. The Labute approximate surface area is 114 Å². The summed E-state index contributed by atoms with van der Waals surface area (Å²) in [5.41, 5.74) is 3.99. The largest absolute Gasteiger partial charge is 0.437 e. The fraction of sp³-hybridized carbons (Fsp3) is 0. The third kappa shape index (κ3) is 2.56. The van der Waals surface area contributed by atoms with E-state index in [1.165, 1.54) is 0 Å². The molecule has 0 aliphatic rings. The van der Waals surface area contributed by atoms with Gasteiger partial charge in [-0.05, 0) is 24.3 Å². The molecule has 2 aromatic heterocycles. The van der Waals surface area contributed by atoms with Crippen molar-refractivity contribution in [2.75, 3.05) is 0 Å². The fourth-order valence-corrected chi connectivity index (χ4v) is 1.75. The number of hydrogen-bond donors (Lipinski definition) is 1. The van der Waals surface area contributed by atoms with E-state index in [2.05, 4.69) is 15.5 Å². The molecule has 98 valence electrons. The van der Waals surface area contributed by atoms with Crippen molar-refractivity contribution < 1.29 is 9.21 Å². The van der Waals surface area contributed by atoms with Gasteiger partial charge < -0.3 is 4.42 Å². The first-order chi connectivity index (χ1) is 9.83. The minimum atomic E-state index is -0.309. The summed E-state index contributed by atoms with van der Waals surface area (Å²) < 4.78 is 5.55. The van der Waals surface area contributed by atoms with Crippen LogP contribution in [-0.2, 0) is 0 Å². The van der Waals surface area contributed by atoms with E-state index in [0.717, 1.165) is 5.39 Å². The number of rotatable bonds is 2. The van der Waals surface area contributed by atoms with Crippen molar-refractivity contribution in [1.82, 2.24) is 10.4 Å². The maximum atomic E-state index is 11.8. The molecule has 0 radical (unpaired) electrons. The number of nitrogens with zero attached hydrogens (tertiary/aromatic N) is 2. The van der Waals surface area contributed by atoms with Crippen LogP contribution in [0.5, 0.6) is 0 Å². The van der Waals surface area contributed by atoms with Crippen molar-refractivity contribution in [1.29, 1.82) is 0 Å². The van der Waals surface area contributed by atoms with E-state index in [-0.39, 0.29) is 5.91 Å². The zero-order valence-corrected chi connectivity index (χ0v) is 10.5. The van der Waals surface area contributed by atoms with Gasteiger partial charge in [0.05, 0.1) is 0 Å². The monoisotopic (exact) mass is 265 g/mol. The lowest BCUT2D eigenvalue weighted by Crippen LogP contribution is -2.20. The highest BCUT2D eigenvalue weighted by Gasteiger charge is 2.02. The maximum absolute atomic E-state index is 11.8. The van der Waals surface area contributed by atoms with Gasteiger partial charge >= 0.3 is 0 Å². The summed E-state index contributed by atoms with van der Waals surface area (Å²) in [6, 6.07) is 14.4. The van der Waals surface area contributed by atoms with Crippen molar-refractivity contribution in [3.05, 3.63) is 72.0 Å². The number of fused-ring (bicyclic) bond motifs is 1. The molecule has 5 heteroatoms. The van der Waals surface area contributed by atoms with Crippen molar-refractivity contribution in [2.45, 2.75) is 0 Å². The lowest BCUT2D eigenvalue weighted by atomic mass is 10.2. The molecule has 1 N–H and O–H groups in total. The van der Waals surface area contributed by atoms with Crippen LogP contribution < -0.4 is 11.0 Å². The highest BCUT2D eigenvalue weighted by atomic mass is 16.3. The summed E-state index contributed by atoms with van der Waals surface area (Å²) in [4.78, 5) is 15.7. The number of carbonyl (C=O) groups is 1. The van der Waals surface area contributed by atoms with Crippen LogP contribution in [0.4, 0.5) is 0 Å². The topological polar surface area (TPSA) is 67.5 Å². The minimum Gasteiger partial charge on any atom is -0.437 e. The summed E-state index contributed by atoms with van der Waals surface area (Å²) in [6.07, 6.45) is 3.10. The number of benzene rings is 1. The second kappa shape index (κ2) is 5.36. The molecule has 1 amide bonds. The predicted octanol–water partition coefficient (Wildman–Crippen LogP) is 2.07. The number of nitrogens with one attached hydrogen (secondary N) is 1. The molecule has 0 saturated heterocycles. The Balaban J connectivity index is 1.86. The highest BCUT2D eigenvalue weighted by Crippen LogP contribution is 2.09. The van der Waals surface area contributed by atoms with Gasteiger partial charge in [-0.1, -0.05) is 18.2 Å². The lowest BCUT2D eigenvalue weighted by Gasteiger charge is -1.99. The lowest BCUT2D eigenvalue weighted by molar-refractivity contribution is 0.0951. The van der Waals surface area contributed by atoms with E-state index in [9.17, 15) is 4.79 Å². The summed E-state index contributed by atoms with van der Waals surface area (Å²) >= 11 is 0. The van der Waals surface area contributed by atoms with Crippen molar-refractivity contribution >= 4 is 16.9 Å². The Kier molecular flexibility index (Phi) is 3.24. The molecule has 0 atom stereocenters. The van der Waals surface area contributed by atoms with Crippen LogP contribution in [-0.4, -0.2) is 10.9 Å². The van der Waals surface area contributed by atoms with E-state index in [4.69, 9.17) is 4.42 Å². The summed E-state index contributed by atoms with van der Waals surface area (Å²) in [5, 5.41) is 4.92. The third-order valence-electron chi connectivity index (χ3n) is 2.75. The first-order valence-electron chi connectivity index (χ1n) is 6.06. The van der Waals surface area contributed by atoms with Gasteiger partial charge in [-0.2, -0.15) is 0 Å². The Morgan fingerprint density at radius 3 is 2.70 bits per heavy atom. The second-order valence-electron chi connectivity index (χ2n) is 4.10. The first kappa shape index (κ1) is 12.1. The third-order valence-corrected chi connectivity index (χ3v) is 2.75. The van der Waals surface area contributed by atoms with Gasteiger partial charge in [0.25, 0.3) is 5.91 Å². The molecular weight excluding hydrogens is 254 g/mol. The smallest absolute Gasteiger partial charge is 0.271 e. The van der Waals surface area contributed by atoms with Crippen molar-refractivity contribution in [2.24, 2.45) is 5.10 Å². The van der Waals surface area contributed by atoms with Gasteiger partial charge in [-0.3, -0.25) is 9.78 Å². The van der Waals surface area contributed by atoms with E-state index in [1.807, 2.05) is 30.3 Å². The van der Waals surface area contributed by atoms with Crippen molar-refractivity contribution in [3.63, 3.8) is 0 Å². The van der Waals surface area contributed by atoms with E-state index >= 15 is 0 Å². The van der Waals surface area contributed by atoms with Crippen LogP contribution >= 0.6 is 0 Å². The first-order valence-corrected chi connectivity index (χ1v) is 6.06. The number of para-hydroxylation sites is 1. The van der Waals surface area contributed by atoms with Crippen molar-refractivity contribution in [3.8, 4) is 0 Å². The molecule has 0 spiro atoms. The van der Waals surface area contributed by atoms with Crippen LogP contribution in [0.1, 0.15) is 10.4 Å². The zero-order valence-electron chi connectivity index (χ0n) is 10.5. The molecule has 1 aromatic carbocycles. The zero-order chi connectivity index (χ0) is 13.8. The molecule has 3 rings (SSSR count). The van der Waals surface area contributed by atoms with Gasteiger partial charge in [0.1, 0.15) is 5.58 Å². The fourth-order valence-electron chi connectivity index (χ4n) is 1.75. The standard InChI is InChI=1S/C15H11N3O2/c19-15(12-7-9-16-10-8-12)18-17-14-6-5-11-3-1-2-4-13(11)20-14/h1-10H,(H,18,19)/b17-14-. The van der Waals surface area contributed by atoms with E-state index in [0.29, 0.717) is 16.7 Å². The summed E-state index contributed by atoms with van der Waals surface area (Å²) in [6.45, 7) is 0. The van der Waals surface area contributed by atoms with Gasteiger partial charge in [0.2, 0.25) is 5.55 Å². The van der Waals surface area contributed by atoms with Gasteiger partial charge in [0, 0.05) is 29.4 Å². The van der Waals surface area contributed by atoms with Crippen LogP contribution in [0, 0.1) is 0 Å². The molecular formula is C15H11N3O2. The average molecular weight is 265 g/mol. The molecule has 3 aromatic rings. The average Bonchev–Trinajstić information content (AvgIpc) is 2.53. The normalized spacial score (nSPS) is 11.5. The molecule has 0 fully saturated rings. The van der Waals surface area contributed by atoms with Crippen LogP contribution in [0.2, 0.25) is 0 Å². The quantitative estimate of drug-likeness (QED) is 0.721. The molecule has 0 bridgehead atoms. The SMILES string of the molecule is O=C(N/N=c1/ccc2ccccc2o1)c1ccncc1. The van der Waals surface area contributed by atoms with Crippen LogP contribution in [0.3, 0.4) is 0 Å². The predicted molar refractivity (Wildman–Crippen MR) is 73.5 cm³/mol. The minimum absolute atomic E-state index is 0.309. The summed E-state index contributed by atoms with van der Waals surface area (Å²) in [7, 11) is 0. The van der Waals surface area contributed by atoms with E-state index in [1.54, 1.807) is 30.6 Å². The molecule has 0 aliphatic carbocycles. The van der Waals surface area contributed by atoms with Gasteiger partial charge in [-0.15, -0.1) is 5.10 Å². The summed E-state index contributed by atoms with van der Waals surface area (Å²) in [5.74, 6) is -0.309. The number of hydrogen-bond acceptors (Lipinski definition) is 4. The molecule has 0 unspecified atom stereocenters. The van der Waals surface area contributed by atoms with Crippen LogP contribution in [0.15, 0.2) is 70.4 Å². The molecule has 5 nitrogen and oxygen atoms in total. The highest BCUT2D eigenvalue weighted by molar-refractivity contribution is 5.93. The van der Waals surface area contributed by atoms with Gasteiger partial charge in [0.15, 0.2) is 0 Å². The Bertz CT molecular complexity index is 810. The molecule has 0 saturated carbocycles. The maximum Gasteiger partial charge on any atom is 0.271 e. The number of aromatic nitrogens is 1. The Morgan fingerprint density at radius 1 is 1.05 bits per heavy atom. The number of carbonyl (C=O) groups excluding carboxylic acids is 1. The number of pyridine rings is 1. The van der Waals surface area contributed by atoms with E-state index < -0.39 is 0 Å². The number of amides is 1. The van der Waals surface area contributed by atoms with Gasteiger partial charge in [-0.25, -0.2) is 5.43 Å². The Hall–Kier alpha value is -2.95. The second-order valence-corrected chi connectivity index (χ2v) is 4.10. The molecule has 0 aliphatic heterocycles. The molecule has 20 heavy (non-hydrogen) atoms. The van der Waals surface area contributed by atoms with Crippen LogP contribution in [0.25, 0.3) is 11.0 Å². The molecule has 2 heterocycles.